The summed E-state index contributed by atoms with van der Waals surface area (Å²) in [6, 6.07) is 0. The molecule has 1 aromatic rings. The van der Waals surface area contributed by atoms with E-state index in [2.05, 4.69) is 48.4 Å². The lowest BCUT2D eigenvalue weighted by molar-refractivity contribution is 0.546. The molecule has 0 bridgehead atoms. The fourth-order valence-corrected chi connectivity index (χ4v) is 1.92. The Kier molecular flexibility index (Phi) is 6.20. The van der Waals surface area contributed by atoms with Gasteiger partial charge in [0.2, 0.25) is 0 Å². The first-order chi connectivity index (χ1) is 9.40. The molecule has 20 heavy (non-hydrogen) atoms. The summed E-state index contributed by atoms with van der Waals surface area (Å²) in [6.45, 7) is 11.4. The van der Waals surface area contributed by atoms with E-state index in [1.165, 1.54) is 19.3 Å². The molecule has 0 unspecified atom stereocenters. The quantitative estimate of drug-likeness (QED) is 0.405. The molecule has 0 aliphatic rings. The van der Waals surface area contributed by atoms with Crippen LogP contribution < -0.4 is 16.6 Å². The maximum absolute atomic E-state index is 5.56. The van der Waals surface area contributed by atoms with Gasteiger partial charge >= 0.3 is 0 Å². The van der Waals surface area contributed by atoms with Crippen LogP contribution in [0.4, 0.5) is 11.6 Å². The van der Waals surface area contributed by atoms with Crippen LogP contribution in [0.25, 0.3) is 0 Å². The zero-order valence-electron chi connectivity index (χ0n) is 13.5. The Labute approximate surface area is 122 Å². The van der Waals surface area contributed by atoms with Gasteiger partial charge in [0.05, 0.1) is 0 Å². The number of nitrogens with two attached hydrogens (primary N) is 1. The SMILES string of the molecule is CCCCCCNc1nc(C(C)(C)C)nc(NN)c1C. The third-order valence-corrected chi connectivity index (χ3v) is 3.28. The topological polar surface area (TPSA) is 75.9 Å². The lowest BCUT2D eigenvalue weighted by atomic mass is 9.95. The van der Waals surface area contributed by atoms with Crippen molar-refractivity contribution in [2.75, 3.05) is 17.3 Å². The molecule has 0 saturated carbocycles. The second-order valence-electron chi connectivity index (χ2n) is 6.25. The van der Waals surface area contributed by atoms with Crippen LogP contribution in [0.5, 0.6) is 0 Å². The normalized spacial score (nSPS) is 11.5. The van der Waals surface area contributed by atoms with Crippen molar-refractivity contribution >= 4 is 11.6 Å². The molecule has 4 N–H and O–H groups in total. The van der Waals surface area contributed by atoms with E-state index in [9.17, 15) is 0 Å². The summed E-state index contributed by atoms with van der Waals surface area (Å²) in [5, 5.41) is 3.41. The second-order valence-corrected chi connectivity index (χ2v) is 6.25. The van der Waals surface area contributed by atoms with Crippen molar-refractivity contribution in [3.63, 3.8) is 0 Å². The molecule has 114 valence electrons. The fourth-order valence-electron chi connectivity index (χ4n) is 1.92. The number of rotatable bonds is 7. The van der Waals surface area contributed by atoms with Gasteiger partial charge in [-0.15, -0.1) is 0 Å². The van der Waals surface area contributed by atoms with Gasteiger partial charge in [0.15, 0.2) is 0 Å². The summed E-state index contributed by atoms with van der Waals surface area (Å²) in [5.74, 6) is 7.94. The molecule has 1 heterocycles. The largest absolute Gasteiger partial charge is 0.370 e. The number of aromatic nitrogens is 2. The van der Waals surface area contributed by atoms with Gasteiger partial charge in [0, 0.05) is 17.5 Å². The highest BCUT2D eigenvalue weighted by Gasteiger charge is 2.20. The van der Waals surface area contributed by atoms with Crippen LogP contribution >= 0.6 is 0 Å². The average Bonchev–Trinajstić information content (AvgIpc) is 2.39. The van der Waals surface area contributed by atoms with E-state index in [0.717, 1.165) is 30.2 Å². The van der Waals surface area contributed by atoms with Crippen molar-refractivity contribution in [3.05, 3.63) is 11.4 Å². The van der Waals surface area contributed by atoms with Crippen molar-refractivity contribution in [1.29, 1.82) is 0 Å². The number of hydrazine groups is 1. The number of hydrogen-bond acceptors (Lipinski definition) is 5. The molecule has 0 spiro atoms. The number of nitrogens with one attached hydrogen (secondary N) is 2. The zero-order chi connectivity index (χ0) is 15.2. The summed E-state index contributed by atoms with van der Waals surface area (Å²) in [6.07, 6.45) is 4.95. The lowest BCUT2D eigenvalue weighted by Gasteiger charge is -2.20. The minimum Gasteiger partial charge on any atom is -0.370 e. The Morgan fingerprint density at radius 1 is 1.05 bits per heavy atom. The molecule has 0 amide bonds. The summed E-state index contributed by atoms with van der Waals surface area (Å²) >= 11 is 0. The van der Waals surface area contributed by atoms with Crippen LogP contribution in [0.3, 0.4) is 0 Å². The summed E-state index contributed by atoms with van der Waals surface area (Å²) in [5.41, 5.74) is 3.54. The van der Waals surface area contributed by atoms with E-state index in [0.29, 0.717) is 5.82 Å². The third-order valence-electron chi connectivity index (χ3n) is 3.28. The highest BCUT2D eigenvalue weighted by molar-refractivity contribution is 5.57. The molecule has 0 radical (unpaired) electrons. The minimum atomic E-state index is -0.0993. The number of unbranched alkanes of at least 4 members (excludes halogenated alkanes) is 3. The fraction of sp³-hybridized carbons (Fsp3) is 0.733. The molecule has 0 aliphatic carbocycles. The maximum atomic E-state index is 5.56. The smallest absolute Gasteiger partial charge is 0.148 e. The predicted molar refractivity (Wildman–Crippen MR) is 85.9 cm³/mol. The lowest BCUT2D eigenvalue weighted by Crippen LogP contribution is -2.21. The number of nitrogens with zero attached hydrogens (tertiary/aromatic N) is 2. The van der Waals surface area contributed by atoms with Gasteiger partial charge in [-0.05, 0) is 13.3 Å². The van der Waals surface area contributed by atoms with Crippen LogP contribution in [0.2, 0.25) is 0 Å². The highest BCUT2D eigenvalue weighted by atomic mass is 15.3. The van der Waals surface area contributed by atoms with E-state index in [1.54, 1.807) is 0 Å². The molecule has 0 saturated heterocycles. The molecule has 0 atom stereocenters. The molecular weight excluding hydrogens is 250 g/mol. The molecule has 0 aliphatic heterocycles. The number of anilines is 2. The van der Waals surface area contributed by atoms with Gasteiger partial charge in [0.25, 0.3) is 0 Å². The van der Waals surface area contributed by atoms with Crippen molar-refractivity contribution in [3.8, 4) is 0 Å². The molecule has 1 aromatic heterocycles. The Morgan fingerprint density at radius 2 is 1.70 bits per heavy atom. The Balaban J connectivity index is 2.83. The minimum absolute atomic E-state index is 0.0993. The predicted octanol–water partition coefficient (Wildman–Crippen LogP) is 3.36. The highest BCUT2D eigenvalue weighted by Crippen LogP contribution is 2.25. The van der Waals surface area contributed by atoms with Gasteiger partial charge < -0.3 is 10.7 Å². The van der Waals surface area contributed by atoms with E-state index in [4.69, 9.17) is 5.84 Å². The Morgan fingerprint density at radius 3 is 2.25 bits per heavy atom. The van der Waals surface area contributed by atoms with Gasteiger partial charge in [0.1, 0.15) is 17.5 Å². The van der Waals surface area contributed by atoms with E-state index < -0.39 is 0 Å². The summed E-state index contributed by atoms with van der Waals surface area (Å²) in [4.78, 5) is 9.15. The molecule has 5 heteroatoms. The maximum Gasteiger partial charge on any atom is 0.148 e. The van der Waals surface area contributed by atoms with Crippen molar-refractivity contribution in [1.82, 2.24) is 9.97 Å². The molecule has 0 aromatic carbocycles. The Bertz CT molecular complexity index is 423. The molecule has 0 fully saturated rings. The van der Waals surface area contributed by atoms with Crippen LogP contribution in [-0.2, 0) is 5.41 Å². The van der Waals surface area contributed by atoms with E-state index >= 15 is 0 Å². The van der Waals surface area contributed by atoms with Gasteiger partial charge in [-0.1, -0.05) is 47.0 Å². The van der Waals surface area contributed by atoms with Crippen molar-refractivity contribution in [2.24, 2.45) is 5.84 Å². The van der Waals surface area contributed by atoms with Gasteiger partial charge in [-0.25, -0.2) is 15.8 Å². The second kappa shape index (κ2) is 7.43. The average molecular weight is 279 g/mol. The van der Waals surface area contributed by atoms with Crippen molar-refractivity contribution < 1.29 is 0 Å². The number of nitrogen functional groups attached to an aromatic ring is 1. The Hall–Kier alpha value is -1.36. The first-order valence-electron chi connectivity index (χ1n) is 7.49. The van der Waals surface area contributed by atoms with E-state index in [-0.39, 0.29) is 5.41 Å². The standard InChI is InChI=1S/C15H29N5/c1-6-7-8-9-10-17-12-11(2)13(20-16)19-14(18-12)15(3,4)5/h6-10,16H2,1-5H3,(H2,17,18,19,20). The summed E-state index contributed by atoms with van der Waals surface area (Å²) < 4.78 is 0. The monoisotopic (exact) mass is 279 g/mol. The van der Waals surface area contributed by atoms with Crippen LogP contribution in [0, 0.1) is 6.92 Å². The van der Waals surface area contributed by atoms with Crippen LogP contribution in [-0.4, -0.2) is 16.5 Å². The van der Waals surface area contributed by atoms with Crippen LogP contribution in [0.1, 0.15) is 64.8 Å². The number of hydrogen-bond donors (Lipinski definition) is 3. The van der Waals surface area contributed by atoms with Crippen LogP contribution in [0.15, 0.2) is 0 Å². The third kappa shape index (κ3) is 4.63. The van der Waals surface area contributed by atoms with E-state index in [1.807, 2.05) is 6.92 Å². The first-order valence-corrected chi connectivity index (χ1v) is 7.49. The summed E-state index contributed by atoms with van der Waals surface area (Å²) in [7, 11) is 0. The molecule has 1 rings (SSSR count). The van der Waals surface area contributed by atoms with Gasteiger partial charge in [-0.3, -0.25) is 0 Å². The first kappa shape index (κ1) is 16.7. The molecular formula is C15H29N5. The van der Waals surface area contributed by atoms with Gasteiger partial charge in [-0.2, -0.15) is 0 Å². The zero-order valence-corrected chi connectivity index (χ0v) is 13.5. The van der Waals surface area contributed by atoms with Crippen molar-refractivity contribution in [2.45, 2.75) is 65.7 Å². The molecule has 5 nitrogen and oxygen atoms in total.